The molecule has 0 bridgehead atoms. The molecule has 0 spiro atoms. The van der Waals surface area contributed by atoms with E-state index in [-0.39, 0.29) is 12.3 Å². The summed E-state index contributed by atoms with van der Waals surface area (Å²) in [5.74, 6) is -1.07. The summed E-state index contributed by atoms with van der Waals surface area (Å²) in [4.78, 5) is 39.6. The van der Waals surface area contributed by atoms with E-state index in [0.29, 0.717) is 28.3 Å². The van der Waals surface area contributed by atoms with Crippen molar-refractivity contribution in [3.8, 4) is 5.75 Å². The molecular formula is C20H24N2O6. The molecule has 0 aliphatic heterocycles. The summed E-state index contributed by atoms with van der Waals surface area (Å²) < 4.78 is 15.3. The van der Waals surface area contributed by atoms with Gasteiger partial charge in [0.1, 0.15) is 11.4 Å². The number of aromatic amines is 1. The Bertz CT molecular complexity index is 870. The van der Waals surface area contributed by atoms with Crippen molar-refractivity contribution in [1.82, 2.24) is 4.98 Å². The third-order valence-corrected chi connectivity index (χ3v) is 4.13. The summed E-state index contributed by atoms with van der Waals surface area (Å²) >= 11 is 0. The Kier molecular flexibility index (Phi) is 6.81. The highest BCUT2D eigenvalue weighted by Gasteiger charge is 2.26. The second-order valence-corrected chi connectivity index (χ2v) is 6.11. The van der Waals surface area contributed by atoms with Crippen LogP contribution < -0.4 is 10.1 Å². The van der Waals surface area contributed by atoms with Gasteiger partial charge in [-0.15, -0.1) is 0 Å². The van der Waals surface area contributed by atoms with Crippen LogP contribution in [0.3, 0.4) is 0 Å². The fraction of sp³-hybridized carbons (Fsp3) is 0.350. The molecule has 1 aromatic heterocycles. The lowest BCUT2D eigenvalue weighted by atomic mass is 10.1. The normalized spacial score (nSPS) is 11.5. The Labute approximate surface area is 163 Å². The molecule has 0 fully saturated rings. The number of carbonyl (C=O) groups excluding carboxylic acids is 3. The minimum Gasteiger partial charge on any atom is -0.497 e. The number of nitrogens with one attached hydrogen (secondary N) is 2. The molecule has 2 rings (SSSR count). The molecule has 0 saturated carbocycles. The maximum atomic E-state index is 12.5. The van der Waals surface area contributed by atoms with Gasteiger partial charge in [-0.3, -0.25) is 4.79 Å². The van der Waals surface area contributed by atoms with Gasteiger partial charge in [0.05, 0.1) is 19.3 Å². The van der Waals surface area contributed by atoms with E-state index in [1.807, 2.05) is 0 Å². The summed E-state index contributed by atoms with van der Waals surface area (Å²) in [7, 11) is 1.55. The minimum atomic E-state index is -1.04. The highest BCUT2D eigenvalue weighted by atomic mass is 16.5. The topological polar surface area (TPSA) is 107 Å². The van der Waals surface area contributed by atoms with Crippen LogP contribution in [-0.2, 0) is 14.3 Å². The van der Waals surface area contributed by atoms with E-state index in [1.54, 1.807) is 52.1 Å². The lowest BCUT2D eigenvalue weighted by Crippen LogP contribution is -2.30. The maximum absolute atomic E-state index is 12.5. The number of anilines is 1. The number of aryl methyl sites for hydroxylation is 1. The number of benzene rings is 1. The minimum absolute atomic E-state index is 0.115. The molecule has 1 amide bonds. The van der Waals surface area contributed by atoms with Crippen LogP contribution in [0.25, 0.3) is 0 Å². The molecular weight excluding hydrogens is 364 g/mol. The molecule has 0 radical (unpaired) electrons. The van der Waals surface area contributed by atoms with Gasteiger partial charge in [0.15, 0.2) is 6.10 Å². The lowest BCUT2D eigenvalue weighted by molar-refractivity contribution is -0.123. The molecule has 1 atom stereocenters. The van der Waals surface area contributed by atoms with E-state index in [9.17, 15) is 14.4 Å². The predicted octanol–water partition coefficient (Wildman–Crippen LogP) is 3.00. The van der Waals surface area contributed by atoms with E-state index >= 15 is 0 Å². The molecule has 1 aromatic carbocycles. The van der Waals surface area contributed by atoms with Gasteiger partial charge in [0.2, 0.25) is 0 Å². The van der Waals surface area contributed by atoms with Gasteiger partial charge in [-0.1, -0.05) is 0 Å². The zero-order chi connectivity index (χ0) is 20.8. The number of ether oxygens (including phenoxy) is 3. The van der Waals surface area contributed by atoms with Crippen molar-refractivity contribution in [2.45, 2.75) is 33.8 Å². The van der Waals surface area contributed by atoms with Gasteiger partial charge in [0.25, 0.3) is 5.91 Å². The van der Waals surface area contributed by atoms with E-state index in [2.05, 4.69) is 10.3 Å². The van der Waals surface area contributed by atoms with Crippen molar-refractivity contribution in [1.29, 1.82) is 0 Å². The van der Waals surface area contributed by atoms with Gasteiger partial charge >= 0.3 is 11.9 Å². The van der Waals surface area contributed by atoms with Crippen LogP contribution in [0.15, 0.2) is 24.3 Å². The smallest absolute Gasteiger partial charge is 0.355 e. The van der Waals surface area contributed by atoms with Crippen LogP contribution in [-0.4, -0.2) is 42.7 Å². The lowest BCUT2D eigenvalue weighted by Gasteiger charge is -2.13. The van der Waals surface area contributed by atoms with Crippen LogP contribution in [0.1, 0.15) is 46.0 Å². The van der Waals surface area contributed by atoms with Crippen molar-refractivity contribution in [2.24, 2.45) is 0 Å². The highest BCUT2D eigenvalue weighted by molar-refractivity contribution is 6.00. The molecule has 0 aliphatic carbocycles. The average Bonchev–Trinajstić information content (AvgIpc) is 2.96. The molecule has 1 heterocycles. The van der Waals surface area contributed by atoms with Crippen molar-refractivity contribution in [2.75, 3.05) is 19.0 Å². The molecule has 0 saturated heterocycles. The zero-order valence-corrected chi connectivity index (χ0v) is 16.5. The number of aromatic nitrogens is 1. The number of carbonyl (C=O) groups is 3. The van der Waals surface area contributed by atoms with Gasteiger partial charge in [-0.2, -0.15) is 0 Å². The summed E-state index contributed by atoms with van der Waals surface area (Å²) in [5, 5.41) is 2.66. The third-order valence-electron chi connectivity index (χ3n) is 4.13. The predicted molar refractivity (Wildman–Crippen MR) is 103 cm³/mol. The monoisotopic (exact) mass is 388 g/mol. The number of amides is 1. The Morgan fingerprint density at radius 2 is 1.75 bits per heavy atom. The molecule has 2 N–H and O–H groups in total. The summed E-state index contributed by atoms with van der Waals surface area (Å²) in [5.41, 5.74) is 1.88. The van der Waals surface area contributed by atoms with E-state index < -0.39 is 23.9 Å². The van der Waals surface area contributed by atoms with Crippen molar-refractivity contribution in [3.63, 3.8) is 0 Å². The Morgan fingerprint density at radius 3 is 2.32 bits per heavy atom. The number of hydrogen-bond acceptors (Lipinski definition) is 6. The van der Waals surface area contributed by atoms with Crippen molar-refractivity contribution in [3.05, 3.63) is 46.8 Å². The third kappa shape index (κ3) is 4.70. The van der Waals surface area contributed by atoms with Crippen LogP contribution in [0.5, 0.6) is 5.75 Å². The van der Waals surface area contributed by atoms with Gasteiger partial charge in [0, 0.05) is 11.4 Å². The number of rotatable bonds is 7. The summed E-state index contributed by atoms with van der Waals surface area (Å²) in [6.45, 7) is 6.68. The highest BCUT2D eigenvalue weighted by Crippen LogP contribution is 2.21. The Balaban J connectivity index is 2.06. The molecule has 1 unspecified atom stereocenters. The standard InChI is InChI=1S/C20H24N2O6/c1-6-27-19(24)16-11(2)17(21-12(16)3)20(25)28-13(4)18(23)22-14-7-9-15(26-5)10-8-14/h7-10,13,21H,6H2,1-5H3,(H,22,23). The van der Waals surface area contributed by atoms with Crippen molar-refractivity contribution >= 4 is 23.5 Å². The van der Waals surface area contributed by atoms with E-state index in [1.165, 1.54) is 6.92 Å². The average molecular weight is 388 g/mol. The molecule has 8 nitrogen and oxygen atoms in total. The Morgan fingerprint density at radius 1 is 1.11 bits per heavy atom. The molecule has 0 aliphatic rings. The quantitative estimate of drug-likeness (QED) is 0.706. The SMILES string of the molecule is CCOC(=O)c1c(C)[nH]c(C(=O)OC(C)C(=O)Nc2ccc(OC)cc2)c1C. The van der Waals surface area contributed by atoms with Crippen LogP contribution in [0.4, 0.5) is 5.69 Å². The first kappa shape index (κ1) is 21.0. The van der Waals surface area contributed by atoms with E-state index in [0.717, 1.165) is 0 Å². The number of H-pyrrole nitrogens is 1. The first-order chi connectivity index (χ1) is 13.3. The van der Waals surface area contributed by atoms with Crippen LogP contribution in [0, 0.1) is 13.8 Å². The summed E-state index contributed by atoms with van der Waals surface area (Å²) in [6, 6.07) is 6.76. The number of methoxy groups -OCH3 is 1. The second kappa shape index (κ2) is 9.07. The first-order valence-electron chi connectivity index (χ1n) is 8.80. The Hall–Kier alpha value is -3.29. The van der Waals surface area contributed by atoms with Crippen LogP contribution in [0.2, 0.25) is 0 Å². The largest absolute Gasteiger partial charge is 0.497 e. The van der Waals surface area contributed by atoms with Gasteiger partial charge in [-0.25, -0.2) is 9.59 Å². The van der Waals surface area contributed by atoms with Gasteiger partial charge < -0.3 is 24.5 Å². The molecule has 28 heavy (non-hydrogen) atoms. The molecule has 8 heteroatoms. The molecule has 150 valence electrons. The number of esters is 2. The summed E-state index contributed by atoms with van der Waals surface area (Å²) in [6.07, 6.45) is -1.04. The second-order valence-electron chi connectivity index (χ2n) is 6.11. The fourth-order valence-electron chi connectivity index (χ4n) is 2.65. The fourth-order valence-corrected chi connectivity index (χ4v) is 2.65. The van der Waals surface area contributed by atoms with Gasteiger partial charge in [-0.05, 0) is 57.5 Å². The first-order valence-corrected chi connectivity index (χ1v) is 8.80. The van der Waals surface area contributed by atoms with E-state index in [4.69, 9.17) is 14.2 Å². The molecule has 2 aromatic rings. The number of hydrogen-bond donors (Lipinski definition) is 2. The van der Waals surface area contributed by atoms with Crippen LogP contribution >= 0.6 is 0 Å². The maximum Gasteiger partial charge on any atom is 0.355 e. The van der Waals surface area contributed by atoms with Crippen molar-refractivity contribution < 1.29 is 28.6 Å². The zero-order valence-electron chi connectivity index (χ0n) is 16.5.